The Balaban J connectivity index is 1.64. The molecule has 0 spiro atoms. The van der Waals surface area contributed by atoms with Gasteiger partial charge in [0.2, 0.25) is 11.8 Å². The Bertz CT molecular complexity index is 1020. The van der Waals surface area contributed by atoms with Crippen LogP contribution < -0.4 is 5.32 Å². The number of carbonyl (C=O) groups excluding carboxylic acids is 3. The molecule has 0 radical (unpaired) electrons. The molecule has 1 fully saturated rings. The van der Waals surface area contributed by atoms with E-state index in [1.807, 2.05) is 6.07 Å². The first-order chi connectivity index (χ1) is 14.8. The first-order valence-corrected chi connectivity index (χ1v) is 10.3. The van der Waals surface area contributed by atoms with E-state index in [0.29, 0.717) is 15.7 Å². The first-order valence-electron chi connectivity index (χ1n) is 9.55. The lowest BCUT2D eigenvalue weighted by atomic mass is 10.1. The molecule has 7 nitrogen and oxygen atoms in total. The van der Waals surface area contributed by atoms with E-state index in [9.17, 15) is 19.6 Å². The van der Waals surface area contributed by atoms with Gasteiger partial charge in [-0.25, -0.2) is 0 Å². The second kappa shape index (κ2) is 9.82. The highest BCUT2D eigenvalue weighted by Crippen LogP contribution is 2.25. The SMILES string of the molecule is CN(CC(=O)N1CC(C(=O)Nc2ccccc2)CC1C#N)C(=O)c1cc(Cl)cc(Cl)c1. The second-order valence-corrected chi connectivity index (χ2v) is 8.17. The average Bonchev–Trinajstić information content (AvgIpc) is 3.18. The molecule has 1 N–H and O–H groups in total. The fraction of sp³-hybridized carbons (Fsp3) is 0.273. The van der Waals surface area contributed by atoms with Gasteiger partial charge in [0.15, 0.2) is 0 Å². The third-order valence-corrected chi connectivity index (χ3v) is 5.45. The van der Waals surface area contributed by atoms with Crippen LogP contribution in [0.1, 0.15) is 16.8 Å². The van der Waals surface area contributed by atoms with Gasteiger partial charge in [0.1, 0.15) is 6.04 Å². The van der Waals surface area contributed by atoms with E-state index in [4.69, 9.17) is 23.2 Å². The summed E-state index contributed by atoms with van der Waals surface area (Å²) < 4.78 is 0. The lowest BCUT2D eigenvalue weighted by molar-refractivity contribution is -0.131. The lowest BCUT2D eigenvalue weighted by Gasteiger charge is -2.24. The average molecular weight is 459 g/mol. The minimum absolute atomic E-state index is 0.112. The first kappa shape index (κ1) is 22.6. The highest BCUT2D eigenvalue weighted by Gasteiger charge is 2.39. The van der Waals surface area contributed by atoms with Crippen molar-refractivity contribution in [3.05, 3.63) is 64.1 Å². The van der Waals surface area contributed by atoms with Crippen LogP contribution in [0.4, 0.5) is 5.69 Å². The normalized spacial score (nSPS) is 17.7. The van der Waals surface area contributed by atoms with Crippen LogP contribution in [0.5, 0.6) is 0 Å². The van der Waals surface area contributed by atoms with Crippen LogP contribution >= 0.6 is 23.2 Å². The quantitative estimate of drug-likeness (QED) is 0.742. The van der Waals surface area contributed by atoms with Crippen molar-refractivity contribution < 1.29 is 14.4 Å². The number of halogens is 2. The van der Waals surface area contributed by atoms with E-state index in [0.717, 1.165) is 0 Å². The van der Waals surface area contributed by atoms with Crippen molar-refractivity contribution in [2.75, 3.05) is 25.5 Å². The molecule has 0 aromatic heterocycles. The number of amides is 3. The van der Waals surface area contributed by atoms with Gasteiger partial charge >= 0.3 is 0 Å². The maximum atomic E-state index is 12.8. The molecule has 1 heterocycles. The van der Waals surface area contributed by atoms with Gasteiger partial charge in [0.25, 0.3) is 5.91 Å². The molecule has 3 amide bonds. The molecule has 0 bridgehead atoms. The van der Waals surface area contributed by atoms with E-state index in [1.165, 1.54) is 35.0 Å². The standard InChI is InChI=1S/C22H20Cl2N4O3/c1-27(22(31)14-7-16(23)10-17(24)8-14)13-20(29)28-12-15(9-19(28)11-25)21(30)26-18-5-3-2-4-6-18/h2-8,10,15,19H,9,12-13H2,1H3,(H,26,30). The van der Waals surface area contributed by atoms with Gasteiger partial charge in [-0.05, 0) is 36.8 Å². The monoisotopic (exact) mass is 458 g/mol. The number of para-hydroxylation sites is 1. The van der Waals surface area contributed by atoms with Crippen molar-refractivity contribution in [1.29, 1.82) is 5.26 Å². The molecule has 2 atom stereocenters. The molecule has 1 aliphatic heterocycles. The maximum absolute atomic E-state index is 12.8. The zero-order chi connectivity index (χ0) is 22.5. The van der Waals surface area contributed by atoms with Crippen molar-refractivity contribution in [1.82, 2.24) is 9.80 Å². The number of anilines is 1. The molecule has 2 aromatic carbocycles. The highest BCUT2D eigenvalue weighted by molar-refractivity contribution is 6.35. The van der Waals surface area contributed by atoms with Crippen molar-refractivity contribution in [2.45, 2.75) is 12.5 Å². The van der Waals surface area contributed by atoms with E-state index in [1.54, 1.807) is 24.3 Å². The summed E-state index contributed by atoms with van der Waals surface area (Å²) in [4.78, 5) is 40.6. The number of benzene rings is 2. The van der Waals surface area contributed by atoms with Gasteiger partial charge in [0.05, 0.1) is 18.5 Å². The minimum Gasteiger partial charge on any atom is -0.332 e. The number of rotatable bonds is 5. The molecule has 1 saturated heterocycles. The number of nitrogens with zero attached hydrogens (tertiary/aromatic N) is 3. The number of nitriles is 1. The summed E-state index contributed by atoms with van der Waals surface area (Å²) in [6, 6.07) is 14.8. The van der Waals surface area contributed by atoms with Gasteiger partial charge in [-0.15, -0.1) is 0 Å². The molecule has 2 unspecified atom stereocenters. The van der Waals surface area contributed by atoms with Gasteiger partial charge < -0.3 is 15.1 Å². The highest BCUT2D eigenvalue weighted by atomic mass is 35.5. The number of carbonyl (C=O) groups is 3. The van der Waals surface area contributed by atoms with Crippen LogP contribution in [0, 0.1) is 17.2 Å². The molecule has 3 rings (SSSR count). The molecule has 2 aromatic rings. The summed E-state index contributed by atoms with van der Waals surface area (Å²) in [6.45, 7) is -0.130. The summed E-state index contributed by atoms with van der Waals surface area (Å²) in [5.41, 5.74) is 0.905. The summed E-state index contributed by atoms with van der Waals surface area (Å²) in [6.07, 6.45) is 0.239. The zero-order valence-electron chi connectivity index (χ0n) is 16.7. The largest absolute Gasteiger partial charge is 0.332 e. The van der Waals surface area contributed by atoms with Gasteiger partial charge in [-0.1, -0.05) is 41.4 Å². The van der Waals surface area contributed by atoms with Crippen LogP contribution in [0.2, 0.25) is 10.0 Å². The van der Waals surface area contributed by atoms with Crippen molar-refractivity contribution >= 4 is 46.6 Å². The second-order valence-electron chi connectivity index (χ2n) is 7.30. The molecule has 9 heteroatoms. The molecule has 0 saturated carbocycles. The van der Waals surface area contributed by atoms with Crippen molar-refractivity contribution in [2.24, 2.45) is 5.92 Å². The van der Waals surface area contributed by atoms with E-state index in [2.05, 4.69) is 11.4 Å². The number of nitrogens with one attached hydrogen (secondary N) is 1. The molecular formula is C22H20Cl2N4O3. The zero-order valence-corrected chi connectivity index (χ0v) is 18.2. The summed E-state index contributed by atoms with van der Waals surface area (Å²) in [5.74, 6) is -1.60. The van der Waals surface area contributed by atoms with E-state index in [-0.39, 0.29) is 31.0 Å². The predicted octanol–water partition coefficient (Wildman–Crippen LogP) is 3.44. The van der Waals surface area contributed by atoms with E-state index >= 15 is 0 Å². The Labute approximate surface area is 190 Å². The Morgan fingerprint density at radius 1 is 1.16 bits per heavy atom. The third-order valence-electron chi connectivity index (χ3n) is 5.01. The summed E-state index contributed by atoms with van der Waals surface area (Å²) in [5, 5.41) is 12.9. The molecular weight excluding hydrogens is 439 g/mol. The Morgan fingerprint density at radius 3 is 2.42 bits per heavy atom. The summed E-state index contributed by atoms with van der Waals surface area (Å²) >= 11 is 11.9. The minimum atomic E-state index is -0.733. The van der Waals surface area contributed by atoms with Crippen LogP contribution in [-0.4, -0.2) is 53.7 Å². The Kier molecular flexibility index (Phi) is 7.16. The Morgan fingerprint density at radius 2 is 1.81 bits per heavy atom. The number of hydrogen-bond donors (Lipinski definition) is 1. The van der Waals surface area contributed by atoms with Crippen LogP contribution in [-0.2, 0) is 9.59 Å². The van der Waals surface area contributed by atoms with Crippen LogP contribution in [0.25, 0.3) is 0 Å². The smallest absolute Gasteiger partial charge is 0.254 e. The van der Waals surface area contributed by atoms with Crippen LogP contribution in [0.3, 0.4) is 0 Å². The maximum Gasteiger partial charge on any atom is 0.254 e. The fourth-order valence-electron chi connectivity index (χ4n) is 3.45. The lowest BCUT2D eigenvalue weighted by Crippen LogP contribution is -2.43. The predicted molar refractivity (Wildman–Crippen MR) is 118 cm³/mol. The number of likely N-dealkylation sites (tertiary alicyclic amines) is 1. The molecule has 0 aliphatic carbocycles. The number of hydrogen-bond acceptors (Lipinski definition) is 4. The van der Waals surface area contributed by atoms with Crippen molar-refractivity contribution in [3.8, 4) is 6.07 Å². The topological polar surface area (TPSA) is 93.5 Å². The van der Waals surface area contributed by atoms with Crippen LogP contribution in [0.15, 0.2) is 48.5 Å². The van der Waals surface area contributed by atoms with Gasteiger partial charge in [0, 0.05) is 34.9 Å². The van der Waals surface area contributed by atoms with E-state index < -0.39 is 23.8 Å². The van der Waals surface area contributed by atoms with Gasteiger partial charge in [-0.3, -0.25) is 14.4 Å². The summed E-state index contributed by atoms with van der Waals surface area (Å²) in [7, 11) is 1.48. The molecule has 1 aliphatic rings. The number of likely N-dealkylation sites (N-methyl/N-ethyl adjacent to an activating group) is 1. The molecule has 31 heavy (non-hydrogen) atoms. The third kappa shape index (κ3) is 5.54. The Hall–Kier alpha value is -3.08. The van der Waals surface area contributed by atoms with Gasteiger partial charge in [-0.2, -0.15) is 5.26 Å². The fourth-order valence-corrected chi connectivity index (χ4v) is 3.98. The molecule has 160 valence electrons. The van der Waals surface area contributed by atoms with Crippen molar-refractivity contribution in [3.63, 3.8) is 0 Å².